The number of hydrogen-bond acceptors (Lipinski definition) is 4. The Morgan fingerprint density at radius 2 is 1.75 bits per heavy atom. The SMILES string of the molecule is CNS(=O)(=O)NCCS(=O)(=O)O. The summed E-state index contributed by atoms with van der Waals surface area (Å²) >= 11 is 0. The van der Waals surface area contributed by atoms with Crippen LogP contribution in [0.15, 0.2) is 0 Å². The lowest BCUT2D eigenvalue weighted by atomic mass is 10.8. The number of hydrogen-bond donors (Lipinski definition) is 3. The van der Waals surface area contributed by atoms with Crippen LogP contribution >= 0.6 is 0 Å². The predicted octanol–water partition coefficient (Wildman–Crippen LogP) is -2.07. The first kappa shape index (κ1) is 11.8. The van der Waals surface area contributed by atoms with Crippen molar-refractivity contribution in [2.75, 3.05) is 19.3 Å². The highest BCUT2D eigenvalue weighted by Gasteiger charge is 2.08. The molecule has 0 amide bonds. The fourth-order valence-corrected chi connectivity index (χ4v) is 1.38. The average Bonchev–Trinajstić information content (AvgIpc) is 1.84. The van der Waals surface area contributed by atoms with Crippen molar-refractivity contribution in [3.63, 3.8) is 0 Å². The molecule has 0 rings (SSSR count). The molecule has 0 aliphatic heterocycles. The van der Waals surface area contributed by atoms with Crippen molar-refractivity contribution in [1.29, 1.82) is 0 Å². The Morgan fingerprint density at radius 1 is 1.25 bits per heavy atom. The van der Waals surface area contributed by atoms with Crippen LogP contribution in [-0.2, 0) is 20.3 Å². The lowest BCUT2D eigenvalue weighted by Crippen LogP contribution is -2.36. The van der Waals surface area contributed by atoms with Crippen molar-refractivity contribution in [2.24, 2.45) is 0 Å². The van der Waals surface area contributed by atoms with Gasteiger partial charge in [-0.15, -0.1) is 0 Å². The molecule has 3 N–H and O–H groups in total. The second kappa shape index (κ2) is 4.14. The number of rotatable bonds is 5. The van der Waals surface area contributed by atoms with Crippen LogP contribution in [0.2, 0.25) is 0 Å². The van der Waals surface area contributed by atoms with Crippen LogP contribution in [0, 0.1) is 0 Å². The van der Waals surface area contributed by atoms with Crippen molar-refractivity contribution >= 4 is 20.3 Å². The molecule has 0 unspecified atom stereocenters. The lowest BCUT2D eigenvalue weighted by Gasteiger charge is -2.02. The molecule has 0 aromatic carbocycles. The van der Waals surface area contributed by atoms with E-state index < -0.39 is 26.1 Å². The third-order valence-electron chi connectivity index (χ3n) is 0.921. The van der Waals surface area contributed by atoms with E-state index in [1.807, 2.05) is 9.44 Å². The zero-order valence-electron chi connectivity index (χ0n) is 6.31. The Balaban J connectivity index is 3.89. The molecule has 0 saturated heterocycles. The highest BCUT2D eigenvalue weighted by Crippen LogP contribution is 1.80. The Kier molecular flexibility index (Phi) is 4.06. The minimum atomic E-state index is -4.11. The van der Waals surface area contributed by atoms with E-state index in [1.54, 1.807) is 0 Å². The first-order chi connectivity index (χ1) is 5.27. The molecule has 0 spiro atoms. The molecule has 9 heteroatoms. The molecular formula is C3H10N2O5S2. The van der Waals surface area contributed by atoms with E-state index in [1.165, 1.54) is 7.05 Å². The minimum absolute atomic E-state index is 0.359. The monoisotopic (exact) mass is 218 g/mol. The van der Waals surface area contributed by atoms with Crippen LogP contribution in [0.4, 0.5) is 0 Å². The summed E-state index contributed by atoms with van der Waals surface area (Å²) in [7, 11) is -6.55. The molecule has 0 aromatic rings. The summed E-state index contributed by atoms with van der Waals surface area (Å²) in [5, 5.41) is 0. The second-order valence-electron chi connectivity index (χ2n) is 1.89. The van der Waals surface area contributed by atoms with Gasteiger partial charge in [0, 0.05) is 13.6 Å². The Hall–Kier alpha value is -0.220. The van der Waals surface area contributed by atoms with Gasteiger partial charge in [0.15, 0.2) is 0 Å². The molecule has 0 aromatic heterocycles. The van der Waals surface area contributed by atoms with Gasteiger partial charge in [0.25, 0.3) is 20.3 Å². The Labute approximate surface area is 71.1 Å². The van der Waals surface area contributed by atoms with Gasteiger partial charge in [-0.25, -0.2) is 9.44 Å². The second-order valence-corrected chi connectivity index (χ2v) is 5.16. The van der Waals surface area contributed by atoms with Crippen LogP contribution in [-0.4, -0.2) is 40.7 Å². The average molecular weight is 218 g/mol. The molecule has 0 heterocycles. The maximum atomic E-state index is 10.6. The molecule has 0 aliphatic carbocycles. The van der Waals surface area contributed by atoms with Crippen LogP contribution in [0.5, 0.6) is 0 Å². The van der Waals surface area contributed by atoms with E-state index in [4.69, 9.17) is 4.55 Å². The van der Waals surface area contributed by atoms with Gasteiger partial charge in [0.05, 0.1) is 5.75 Å². The molecule has 0 aliphatic rings. The summed E-state index contributed by atoms with van der Waals surface area (Å²) in [5.41, 5.74) is 0. The summed E-state index contributed by atoms with van der Waals surface area (Å²) in [6.07, 6.45) is 0. The lowest BCUT2D eigenvalue weighted by molar-refractivity contribution is 0.482. The normalized spacial score (nSPS) is 13.2. The number of nitrogens with one attached hydrogen (secondary N) is 2. The van der Waals surface area contributed by atoms with Crippen LogP contribution in [0.25, 0.3) is 0 Å². The molecule has 0 saturated carbocycles. The highest BCUT2D eigenvalue weighted by atomic mass is 32.2. The molecule has 0 bridgehead atoms. The van der Waals surface area contributed by atoms with Gasteiger partial charge in [-0.3, -0.25) is 4.55 Å². The van der Waals surface area contributed by atoms with Gasteiger partial charge < -0.3 is 0 Å². The minimum Gasteiger partial charge on any atom is -0.286 e. The van der Waals surface area contributed by atoms with Gasteiger partial charge in [-0.05, 0) is 0 Å². The molecule has 74 valence electrons. The third kappa shape index (κ3) is 6.49. The zero-order chi connectivity index (χ0) is 9.83. The van der Waals surface area contributed by atoms with Gasteiger partial charge in [-0.2, -0.15) is 16.8 Å². The molecular weight excluding hydrogens is 208 g/mol. The maximum Gasteiger partial charge on any atom is 0.276 e. The molecule has 7 nitrogen and oxygen atoms in total. The van der Waals surface area contributed by atoms with Gasteiger partial charge in [0.2, 0.25) is 0 Å². The van der Waals surface area contributed by atoms with E-state index in [0.717, 1.165) is 0 Å². The smallest absolute Gasteiger partial charge is 0.276 e. The summed E-state index contributed by atoms with van der Waals surface area (Å²) in [6.45, 7) is -0.359. The molecule has 0 atom stereocenters. The van der Waals surface area contributed by atoms with Gasteiger partial charge >= 0.3 is 0 Å². The molecule has 0 fully saturated rings. The summed E-state index contributed by atoms with van der Waals surface area (Å²) in [4.78, 5) is 0. The quantitative estimate of drug-likeness (QED) is 0.459. The molecule has 0 radical (unpaired) electrons. The van der Waals surface area contributed by atoms with E-state index >= 15 is 0 Å². The van der Waals surface area contributed by atoms with Crippen LogP contribution in [0.3, 0.4) is 0 Å². The van der Waals surface area contributed by atoms with E-state index in [2.05, 4.69) is 0 Å². The Morgan fingerprint density at radius 3 is 2.08 bits per heavy atom. The standard InChI is InChI=1S/C3H10N2O5S2/c1-4-12(9,10)5-2-3-11(6,7)8/h4-5H,2-3H2,1H3,(H,6,7,8). The summed E-state index contributed by atoms with van der Waals surface area (Å²) in [6, 6.07) is 0. The Bertz CT molecular complexity index is 317. The van der Waals surface area contributed by atoms with E-state index in [9.17, 15) is 16.8 Å². The maximum absolute atomic E-state index is 10.6. The first-order valence-electron chi connectivity index (χ1n) is 2.90. The summed E-state index contributed by atoms with van der Waals surface area (Å²) in [5.74, 6) is -0.645. The van der Waals surface area contributed by atoms with Gasteiger partial charge in [-0.1, -0.05) is 0 Å². The first-order valence-corrected chi connectivity index (χ1v) is 5.99. The van der Waals surface area contributed by atoms with Crippen molar-refractivity contribution in [2.45, 2.75) is 0 Å². The summed E-state index contributed by atoms with van der Waals surface area (Å²) < 4.78 is 53.4. The predicted molar refractivity (Wildman–Crippen MR) is 42.4 cm³/mol. The highest BCUT2D eigenvalue weighted by molar-refractivity contribution is 7.87. The van der Waals surface area contributed by atoms with E-state index in [-0.39, 0.29) is 6.54 Å². The van der Waals surface area contributed by atoms with Crippen molar-refractivity contribution in [1.82, 2.24) is 9.44 Å². The fraction of sp³-hybridized carbons (Fsp3) is 1.00. The molecule has 12 heavy (non-hydrogen) atoms. The van der Waals surface area contributed by atoms with E-state index in [0.29, 0.717) is 0 Å². The van der Waals surface area contributed by atoms with Crippen LogP contribution < -0.4 is 9.44 Å². The third-order valence-corrected chi connectivity index (χ3v) is 2.76. The van der Waals surface area contributed by atoms with Crippen molar-refractivity contribution in [3.8, 4) is 0 Å². The largest absolute Gasteiger partial charge is 0.286 e. The fourth-order valence-electron chi connectivity index (χ4n) is 0.377. The topological polar surface area (TPSA) is 113 Å². The van der Waals surface area contributed by atoms with Crippen molar-refractivity contribution < 1.29 is 21.4 Å². The van der Waals surface area contributed by atoms with Crippen molar-refractivity contribution in [3.05, 3.63) is 0 Å². The zero-order valence-corrected chi connectivity index (χ0v) is 7.94. The van der Waals surface area contributed by atoms with Gasteiger partial charge in [0.1, 0.15) is 0 Å². The van der Waals surface area contributed by atoms with Crippen LogP contribution in [0.1, 0.15) is 0 Å².